The first-order chi connectivity index (χ1) is 18.9. The molecule has 2 N–H and O–H groups in total. The van der Waals surface area contributed by atoms with E-state index in [1.807, 2.05) is 29.3 Å². The minimum absolute atomic E-state index is 0.0485. The zero-order chi connectivity index (χ0) is 27.4. The number of benzene rings is 2. The van der Waals surface area contributed by atoms with Gasteiger partial charge in [0, 0.05) is 48.8 Å². The van der Waals surface area contributed by atoms with Crippen LogP contribution >= 0.6 is 11.6 Å². The maximum Gasteiger partial charge on any atom is 0.322 e. The van der Waals surface area contributed by atoms with Crippen LogP contribution < -0.4 is 15.5 Å². The monoisotopic (exact) mass is 554 g/mol. The quantitative estimate of drug-likeness (QED) is 0.370. The molecule has 0 radical (unpaired) electrons. The largest absolute Gasteiger partial charge is 0.495 e. The Labute approximate surface area is 230 Å². The normalized spacial score (nSPS) is 17.5. The van der Waals surface area contributed by atoms with E-state index in [1.54, 1.807) is 30.5 Å². The average molecular weight is 555 g/mol. The molecule has 5 rings (SSSR count). The Bertz CT molecular complexity index is 1350. The van der Waals surface area contributed by atoms with Crippen LogP contribution in [0.2, 0.25) is 5.02 Å². The van der Waals surface area contributed by atoms with Crippen molar-refractivity contribution in [2.24, 2.45) is 4.99 Å². The van der Waals surface area contributed by atoms with E-state index in [1.165, 1.54) is 6.07 Å². The summed E-state index contributed by atoms with van der Waals surface area (Å²) in [5.74, 6) is -0.732. The molecule has 2 aliphatic rings. The lowest BCUT2D eigenvalue weighted by atomic mass is 10.1. The maximum atomic E-state index is 13.8. The average Bonchev–Trinajstić information content (AvgIpc) is 3.62. The van der Waals surface area contributed by atoms with E-state index in [0.29, 0.717) is 29.7 Å². The van der Waals surface area contributed by atoms with Crippen LogP contribution in [0.25, 0.3) is 0 Å². The molecule has 2 heterocycles. The van der Waals surface area contributed by atoms with Gasteiger partial charge in [-0.15, -0.1) is 0 Å². The molecular formula is C28H29ClF2N6O2. The summed E-state index contributed by atoms with van der Waals surface area (Å²) < 4.78 is 32.4. The van der Waals surface area contributed by atoms with Crippen molar-refractivity contribution in [1.29, 1.82) is 0 Å². The number of urea groups is 1. The number of rotatable bonds is 8. The summed E-state index contributed by atoms with van der Waals surface area (Å²) in [7, 11) is 1.56. The number of aromatic nitrogens is 1. The summed E-state index contributed by atoms with van der Waals surface area (Å²) in [5, 5.41) is 5.17. The summed E-state index contributed by atoms with van der Waals surface area (Å²) in [6.45, 7) is 0.820. The lowest BCUT2D eigenvalue weighted by Crippen LogP contribution is -2.48. The van der Waals surface area contributed by atoms with Crippen LogP contribution in [0.3, 0.4) is 0 Å². The number of carbonyl (C=O) groups excluding carboxylic acids is 1. The van der Waals surface area contributed by atoms with E-state index in [4.69, 9.17) is 21.3 Å². The second-order valence-corrected chi connectivity index (χ2v) is 9.88. The van der Waals surface area contributed by atoms with E-state index in [2.05, 4.69) is 15.7 Å². The minimum atomic E-state index is -1.01. The third-order valence-electron chi connectivity index (χ3n) is 7.00. The summed E-state index contributed by atoms with van der Waals surface area (Å²) in [6, 6.07) is 12.3. The summed E-state index contributed by atoms with van der Waals surface area (Å²) >= 11 is 6.43. The van der Waals surface area contributed by atoms with Gasteiger partial charge in [0.25, 0.3) is 0 Å². The molecule has 1 aromatic heterocycles. The Morgan fingerprint density at radius 2 is 1.90 bits per heavy atom. The number of nitrogens with zero attached hydrogens (tertiary/aromatic N) is 4. The molecular weight excluding hydrogens is 526 g/mol. The zero-order valence-electron chi connectivity index (χ0n) is 21.4. The lowest BCUT2D eigenvalue weighted by molar-refractivity contribution is 0.142. The van der Waals surface area contributed by atoms with Crippen molar-refractivity contribution in [3.63, 3.8) is 0 Å². The van der Waals surface area contributed by atoms with Crippen molar-refractivity contribution < 1.29 is 18.3 Å². The van der Waals surface area contributed by atoms with Crippen LogP contribution in [-0.4, -0.2) is 53.0 Å². The number of carbonyl (C=O) groups is 1. The van der Waals surface area contributed by atoms with Crippen molar-refractivity contribution in [2.75, 3.05) is 25.5 Å². The van der Waals surface area contributed by atoms with E-state index >= 15 is 0 Å². The van der Waals surface area contributed by atoms with Gasteiger partial charge in [-0.3, -0.25) is 4.98 Å². The second kappa shape index (κ2) is 12.0. The highest BCUT2D eigenvalue weighted by atomic mass is 35.5. The zero-order valence-corrected chi connectivity index (χ0v) is 22.2. The van der Waals surface area contributed by atoms with E-state index in [0.717, 1.165) is 48.9 Å². The topological polar surface area (TPSA) is 82.1 Å². The Hall–Kier alpha value is -3.76. The van der Waals surface area contributed by atoms with Gasteiger partial charge in [0.1, 0.15) is 17.8 Å². The number of hydrogen-bond donors (Lipinski definition) is 2. The molecule has 11 heteroatoms. The Morgan fingerprint density at radius 3 is 2.59 bits per heavy atom. The maximum absolute atomic E-state index is 13.8. The van der Waals surface area contributed by atoms with Gasteiger partial charge in [-0.2, -0.15) is 5.01 Å². The summed E-state index contributed by atoms with van der Waals surface area (Å²) in [6.07, 6.45) is 6.83. The molecule has 2 aromatic carbocycles. The number of hydrazine groups is 1. The molecule has 1 unspecified atom stereocenters. The van der Waals surface area contributed by atoms with E-state index < -0.39 is 17.8 Å². The summed E-state index contributed by atoms with van der Waals surface area (Å²) in [4.78, 5) is 24.1. The number of nitrogens with one attached hydrogen (secondary N) is 2. The number of anilines is 1. The van der Waals surface area contributed by atoms with Crippen molar-refractivity contribution in [3.05, 3.63) is 88.7 Å². The van der Waals surface area contributed by atoms with Gasteiger partial charge in [-0.05, 0) is 54.8 Å². The second-order valence-electron chi connectivity index (χ2n) is 9.48. The molecule has 0 spiro atoms. The van der Waals surface area contributed by atoms with Gasteiger partial charge in [0.15, 0.2) is 11.6 Å². The van der Waals surface area contributed by atoms with Crippen LogP contribution in [0.1, 0.15) is 43.0 Å². The molecule has 0 saturated heterocycles. The molecule has 1 fully saturated rings. The number of methoxy groups -OCH3 is 1. The number of aliphatic imine (C=N–C) groups is 1. The molecule has 2 amide bonds. The van der Waals surface area contributed by atoms with Crippen LogP contribution in [0, 0.1) is 11.6 Å². The fourth-order valence-corrected chi connectivity index (χ4v) is 5.26. The first-order valence-electron chi connectivity index (χ1n) is 12.8. The van der Waals surface area contributed by atoms with Crippen LogP contribution in [-0.2, 0) is 0 Å². The number of amidine groups is 1. The van der Waals surface area contributed by atoms with E-state index in [9.17, 15) is 13.6 Å². The smallest absolute Gasteiger partial charge is 0.322 e. The predicted molar refractivity (Wildman–Crippen MR) is 146 cm³/mol. The van der Waals surface area contributed by atoms with Crippen molar-refractivity contribution in [1.82, 2.24) is 20.3 Å². The standard InChI is InChI=1S/C28H29ClF2N6O2/c1-39-25-9-6-19(16-22(25)29)27-34-26(18-10-12-32-13-11-18)35-37(27)15-14-36(21-4-2-3-5-21)28(38)33-20-7-8-23(30)24(31)17-20/h6-13,16-17,21,27H,2-5,14-15H2,1H3,(H,33,38)(H,34,35). The van der Waals surface area contributed by atoms with Gasteiger partial charge in [-0.25, -0.2) is 18.6 Å². The van der Waals surface area contributed by atoms with Crippen LogP contribution in [0.15, 0.2) is 65.9 Å². The molecule has 3 aromatic rings. The van der Waals surface area contributed by atoms with Crippen LogP contribution in [0.5, 0.6) is 5.75 Å². The van der Waals surface area contributed by atoms with Gasteiger partial charge in [0.2, 0.25) is 0 Å². The lowest BCUT2D eigenvalue weighted by Gasteiger charge is -2.32. The van der Waals surface area contributed by atoms with Crippen molar-refractivity contribution in [3.8, 4) is 5.75 Å². The molecule has 0 bridgehead atoms. The molecule has 1 aliphatic heterocycles. The highest BCUT2D eigenvalue weighted by Gasteiger charge is 2.32. The molecule has 1 atom stereocenters. The SMILES string of the molecule is COc1ccc(C2N=C(c3ccncc3)NN2CCN(C(=O)Nc2ccc(F)c(F)c2)C2CCCC2)cc1Cl. The van der Waals surface area contributed by atoms with Gasteiger partial charge >= 0.3 is 6.03 Å². The predicted octanol–water partition coefficient (Wildman–Crippen LogP) is 5.76. The van der Waals surface area contributed by atoms with Gasteiger partial charge in [0.05, 0.1) is 12.1 Å². The van der Waals surface area contributed by atoms with Crippen LogP contribution in [0.4, 0.5) is 19.3 Å². The van der Waals surface area contributed by atoms with Gasteiger partial charge < -0.3 is 20.4 Å². The van der Waals surface area contributed by atoms with E-state index in [-0.39, 0.29) is 17.8 Å². The van der Waals surface area contributed by atoms with Crippen molar-refractivity contribution >= 4 is 29.2 Å². The minimum Gasteiger partial charge on any atom is -0.495 e. The first kappa shape index (κ1) is 26.8. The third kappa shape index (κ3) is 6.12. The van der Waals surface area contributed by atoms with Gasteiger partial charge in [-0.1, -0.05) is 30.5 Å². The number of halogens is 3. The molecule has 204 valence electrons. The fourth-order valence-electron chi connectivity index (χ4n) is 4.99. The third-order valence-corrected chi connectivity index (χ3v) is 7.30. The highest BCUT2D eigenvalue weighted by molar-refractivity contribution is 6.32. The molecule has 1 saturated carbocycles. The highest BCUT2D eigenvalue weighted by Crippen LogP contribution is 2.33. The molecule has 8 nitrogen and oxygen atoms in total. The number of pyridine rings is 1. The van der Waals surface area contributed by atoms with Crippen molar-refractivity contribution in [2.45, 2.75) is 37.9 Å². The summed E-state index contributed by atoms with van der Waals surface area (Å²) in [5.41, 5.74) is 5.32. The number of hydrogen-bond acceptors (Lipinski definition) is 6. The molecule has 1 aliphatic carbocycles. The molecule has 39 heavy (non-hydrogen) atoms. The Balaban J connectivity index is 1.37. The fraction of sp³-hybridized carbons (Fsp3) is 0.321. The number of ether oxygens (including phenoxy) is 1. The number of amides is 2. The first-order valence-corrected chi connectivity index (χ1v) is 13.2. The Kier molecular flexibility index (Phi) is 8.23. The Morgan fingerprint density at radius 1 is 1.13 bits per heavy atom.